The van der Waals surface area contributed by atoms with Crippen LogP contribution in [0.1, 0.15) is 30.9 Å². The number of piperidine rings is 1. The summed E-state index contributed by atoms with van der Waals surface area (Å²) in [5.41, 5.74) is 1.92. The molecular formula is C19H27NO5. The van der Waals surface area contributed by atoms with Gasteiger partial charge in [0.05, 0.1) is 33.2 Å². The fourth-order valence-corrected chi connectivity index (χ4v) is 3.11. The van der Waals surface area contributed by atoms with Gasteiger partial charge in [0.1, 0.15) is 0 Å². The molecule has 1 aromatic rings. The molecular weight excluding hydrogens is 322 g/mol. The molecule has 1 amide bonds. The van der Waals surface area contributed by atoms with Crippen molar-refractivity contribution in [2.45, 2.75) is 33.1 Å². The Kier molecular flexibility index (Phi) is 6.67. The lowest BCUT2D eigenvalue weighted by atomic mass is 9.96. The zero-order valence-electron chi connectivity index (χ0n) is 15.5. The van der Waals surface area contributed by atoms with Crippen LogP contribution in [0.15, 0.2) is 12.1 Å². The van der Waals surface area contributed by atoms with Gasteiger partial charge in [0.25, 0.3) is 0 Å². The summed E-state index contributed by atoms with van der Waals surface area (Å²) >= 11 is 0. The second kappa shape index (κ2) is 8.74. The monoisotopic (exact) mass is 349 g/mol. The zero-order chi connectivity index (χ0) is 18.4. The quantitative estimate of drug-likeness (QED) is 0.738. The number of aryl methyl sites for hydroxylation is 1. The van der Waals surface area contributed by atoms with Crippen molar-refractivity contribution in [2.24, 2.45) is 5.92 Å². The predicted molar refractivity (Wildman–Crippen MR) is 93.9 cm³/mol. The zero-order valence-corrected chi connectivity index (χ0v) is 15.5. The first-order chi connectivity index (χ1) is 12.0. The van der Waals surface area contributed by atoms with Crippen LogP contribution < -0.4 is 9.47 Å². The van der Waals surface area contributed by atoms with Crippen molar-refractivity contribution in [3.05, 3.63) is 23.3 Å². The second-order valence-electron chi connectivity index (χ2n) is 6.22. The Morgan fingerprint density at radius 3 is 2.28 bits per heavy atom. The summed E-state index contributed by atoms with van der Waals surface area (Å²) in [5, 5.41) is 0. The van der Waals surface area contributed by atoms with Crippen molar-refractivity contribution in [3.8, 4) is 11.5 Å². The number of benzene rings is 1. The van der Waals surface area contributed by atoms with Crippen molar-refractivity contribution in [1.82, 2.24) is 4.90 Å². The number of hydrogen-bond acceptors (Lipinski definition) is 5. The van der Waals surface area contributed by atoms with Crippen molar-refractivity contribution >= 4 is 11.9 Å². The topological polar surface area (TPSA) is 65.1 Å². The smallest absolute Gasteiger partial charge is 0.309 e. The molecule has 138 valence electrons. The summed E-state index contributed by atoms with van der Waals surface area (Å²) in [6, 6.07) is 3.74. The molecule has 0 aliphatic carbocycles. The van der Waals surface area contributed by atoms with Crippen molar-refractivity contribution in [3.63, 3.8) is 0 Å². The summed E-state index contributed by atoms with van der Waals surface area (Å²) in [6.45, 7) is 5.35. The minimum Gasteiger partial charge on any atom is -0.493 e. The Labute approximate surface area is 149 Å². The molecule has 1 aromatic carbocycles. The molecule has 1 aliphatic rings. The molecule has 0 unspecified atom stereocenters. The van der Waals surface area contributed by atoms with Gasteiger partial charge in [-0.05, 0) is 49.9 Å². The minimum absolute atomic E-state index is 0.0672. The van der Waals surface area contributed by atoms with E-state index in [2.05, 4.69) is 0 Å². The summed E-state index contributed by atoms with van der Waals surface area (Å²) in [4.78, 5) is 26.2. The van der Waals surface area contributed by atoms with Crippen molar-refractivity contribution < 1.29 is 23.8 Å². The van der Waals surface area contributed by atoms with Crippen LogP contribution in [0.4, 0.5) is 0 Å². The van der Waals surface area contributed by atoms with E-state index in [0.29, 0.717) is 50.5 Å². The number of rotatable bonds is 6. The lowest BCUT2D eigenvalue weighted by Crippen LogP contribution is -2.41. The SMILES string of the molecule is CCOC(=O)C1CCN(C(=O)Cc2cc(OC)c(OC)cc2C)CC1. The molecule has 0 N–H and O–H groups in total. The van der Waals surface area contributed by atoms with Gasteiger partial charge in [-0.25, -0.2) is 0 Å². The Morgan fingerprint density at radius 2 is 1.72 bits per heavy atom. The average molecular weight is 349 g/mol. The predicted octanol–water partition coefficient (Wildman–Crippen LogP) is 2.36. The summed E-state index contributed by atoms with van der Waals surface area (Å²) in [7, 11) is 3.18. The van der Waals surface area contributed by atoms with E-state index in [0.717, 1.165) is 11.1 Å². The number of hydrogen-bond donors (Lipinski definition) is 0. The molecule has 1 fully saturated rings. The molecule has 1 saturated heterocycles. The van der Waals surface area contributed by atoms with Crippen LogP contribution >= 0.6 is 0 Å². The second-order valence-corrected chi connectivity index (χ2v) is 6.22. The third-order valence-electron chi connectivity index (χ3n) is 4.65. The largest absolute Gasteiger partial charge is 0.493 e. The van der Waals surface area contributed by atoms with Gasteiger partial charge >= 0.3 is 5.97 Å². The highest BCUT2D eigenvalue weighted by atomic mass is 16.5. The molecule has 0 spiro atoms. The van der Waals surface area contributed by atoms with E-state index in [9.17, 15) is 9.59 Å². The Balaban J connectivity index is 1.98. The summed E-state index contributed by atoms with van der Waals surface area (Å²) < 4.78 is 15.7. The lowest BCUT2D eigenvalue weighted by molar-refractivity contribution is -0.151. The summed E-state index contributed by atoms with van der Waals surface area (Å²) in [5.74, 6) is 1.11. The molecule has 0 radical (unpaired) electrons. The fraction of sp³-hybridized carbons (Fsp3) is 0.579. The van der Waals surface area contributed by atoms with Crippen LogP contribution in [-0.2, 0) is 20.7 Å². The van der Waals surface area contributed by atoms with Gasteiger partial charge in [-0.1, -0.05) is 0 Å². The molecule has 0 atom stereocenters. The molecule has 0 bridgehead atoms. The number of likely N-dealkylation sites (tertiary alicyclic amines) is 1. The Morgan fingerprint density at radius 1 is 1.12 bits per heavy atom. The highest BCUT2D eigenvalue weighted by molar-refractivity contribution is 5.80. The van der Waals surface area contributed by atoms with Gasteiger partial charge in [-0.3, -0.25) is 9.59 Å². The van der Waals surface area contributed by atoms with E-state index in [1.54, 1.807) is 14.2 Å². The van der Waals surface area contributed by atoms with Gasteiger partial charge in [0, 0.05) is 13.1 Å². The Bertz CT molecular complexity index is 620. The number of nitrogens with zero attached hydrogens (tertiary/aromatic N) is 1. The van der Waals surface area contributed by atoms with E-state index in [-0.39, 0.29) is 17.8 Å². The number of carbonyl (C=O) groups is 2. The van der Waals surface area contributed by atoms with Gasteiger partial charge in [-0.2, -0.15) is 0 Å². The third-order valence-corrected chi connectivity index (χ3v) is 4.65. The maximum atomic E-state index is 12.6. The van der Waals surface area contributed by atoms with E-state index in [4.69, 9.17) is 14.2 Å². The number of esters is 1. The number of ether oxygens (including phenoxy) is 3. The molecule has 0 aromatic heterocycles. The van der Waals surface area contributed by atoms with E-state index in [1.807, 2.05) is 30.9 Å². The van der Waals surface area contributed by atoms with Gasteiger partial charge in [-0.15, -0.1) is 0 Å². The van der Waals surface area contributed by atoms with Crippen LogP contribution in [0.3, 0.4) is 0 Å². The first kappa shape index (κ1) is 19.1. The first-order valence-corrected chi connectivity index (χ1v) is 8.66. The lowest BCUT2D eigenvalue weighted by Gasteiger charge is -2.31. The molecule has 6 heteroatoms. The Hall–Kier alpha value is -2.24. The maximum Gasteiger partial charge on any atom is 0.309 e. The number of amides is 1. The molecule has 0 saturated carbocycles. The van der Waals surface area contributed by atoms with Crippen LogP contribution in [0.2, 0.25) is 0 Å². The standard InChI is InChI=1S/C19H27NO5/c1-5-25-19(22)14-6-8-20(9-7-14)18(21)12-15-11-17(24-4)16(23-3)10-13(15)2/h10-11,14H,5-9,12H2,1-4H3. The number of carbonyl (C=O) groups excluding carboxylic acids is 2. The van der Waals surface area contributed by atoms with Crippen LogP contribution in [0, 0.1) is 12.8 Å². The fourth-order valence-electron chi connectivity index (χ4n) is 3.11. The molecule has 6 nitrogen and oxygen atoms in total. The average Bonchev–Trinajstić information content (AvgIpc) is 2.63. The molecule has 1 heterocycles. The minimum atomic E-state index is -0.148. The van der Waals surface area contributed by atoms with Gasteiger partial charge in [0.15, 0.2) is 11.5 Å². The first-order valence-electron chi connectivity index (χ1n) is 8.66. The van der Waals surface area contributed by atoms with E-state index < -0.39 is 0 Å². The van der Waals surface area contributed by atoms with E-state index >= 15 is 0 Å². The molecule has 1 aliphatic heterocycles. The van der Waals surface area contributed by atoms with Gasteiger partial charge in [0.2, 0.25) is 5.91 Å². The highest BCUT2D eigenvalue weighted by Gasteiger charge is 2.28. The normalized spacial score (nSPS) is 15.0. The van der Waals surface area contributed by atoms with Gasteiger partial charge < -0.3 is 19.1 Å². The highest BCUT2D eigenvalue weighted by Crippen LogP contribution is 2.31. The van der Waals surface area contributed by atoms with E-state index in [1.165, 1.54) is 0 Å². The van der Waals surface area contributed by atoms with Crippen LogP contribution in [0.5, 0.6) is 11.5 Å². The summed E-state index contributed by atoms with van der Waals surface area (Å²) in [6.07, 6.45) is 1.64. The molecule has 25 heavy (non-hydrogen) atoms. The van der Waals surface area contributed by atoms with Crippen molar-refractivity contribution in [1.29, 1.82) is 0 Å². The third kappa shape index (κ3) is 4.65. The molecule has 2 rings (SSSR count). The maximum absolute atomic E-state index is 12.6. The number of methoxy groups -OCH3 is 2. The van der Waals surface area contributed by atoms with Crippen LogP contribution in [-0.4, -0.2) is 50.7 Å². The van der Waals surface area contributed by atoms with Crippen LogP contribution in [0.25, 0.3) is 0 Å². The van der Waals surface area contributed by atoms with Crippen molar-refractivity contribution in [2.75, 3.05) is 33.9 Å².